The first-order chi connectivity index (χ1) is 10.7. The van der Waals surface area contributed by atoms with E-state index in [-0.39, 0.29) is 12.1 Å². The summed E-state index contributed by atoms with van der Waals surface area (Å²) in [5.41, 5.74) is 5.87. The molecule has 106 valence electrons. The van der Waals surface area contributed by atoms with E-state index in [9.17, 15) is 0 Å². The number of aliphatic imine (C=N–C) groups is 2. The minimum Gasteiger partial charge on any atom is -0.270 e. The van der Waals surface area contributed by atoms with Gasteiger partial charge in [0.1, 0.15) is 0 Å². The maximum atomic E-state index is 4.84. The van der Waals surface area contributed by atoms with Gasteiger partial charge in [-0.2, -0.15) is 0 Å². The van der Waals surface area contributed by atoms with Crippen molar-refractivity contribution in [3.8, 4) is 0 Å². The monoisotopic (exact) mass is 284 g/mol. The van der Waals surface area contributed by atoms with E-state index in [4.69, 9.17) is 9.98 Å². The zero-order valence-corrected chi connectivity index (χ0v) is 12.2. The smallest absolute Gasteiger partial charge is 0.0941 e. The molecule has 4 rings (SSSR count). The van der Waals surface area contributed by atoms with Crippen LogP contribution in [0.25, 0.3) is 0 Å². The maximum Gasteiger partial charge on any atom is 0.0941 e. The lowest BCUT2D eigenvalue weighted by atomic mass is 9.88. The van der Waals surface area contributed by atoms with Crippen LogP contribution in [-0.4, -0.2) is 23.5 Å². The molecule has 0 amide bonds. The van der Waals surface area contributed by atoms with Crippen LogP contribution in [0.2, 0.25) is 0 Å². The number of rotatable bonds is 1. The Balaban J connectivity index is 1.73. The molecule has 4 aliphatic rings. The molecule has 0 aromatic rings. The Labute approximate surface area is 130 Å². The third kappa shape index (κ3) is 2.04. The van der Waals surface area contributed by atoms with E-state index in [2.05, 4.69) is 49.6 Å². The normalized spacial score (nSPS) is 28.5. The minimum atomic E-state index is 0.0631. The lowest BCUT2D eigenvalue weighted by molar-refractivity contribution is 0.948. The second-order valence-corrected chi connectivity index (χ2v) is 5.67. The Morgan fingerprint density at radius 3 is 1.59 bits per heavy atom. The van der Waals surface area contributed by atoms with Crippen LogP contribution in [0.5, 0.6) is 0 Å². The fourth-order valence-corrected chi connectivity index (χ4v) is 3.00. The molecule has 0 spiro atoms. The Morgan fingerprint density at radius 1 is 0.682 bits per heavy atom. The molecule has 2 heteroatoms. The van der Waals surface area contributed by atoms with Crippen molar-refractivity contribution in [3.63, 3.8) is 0 Å². The molecule has 0 radical (unpaired) electrons. The molecule has 0 fully saturated rings. The molecular formula is C20H16N2. The first-order valence-electron chi connectivity index (χ1n) is 7.40. The first kappa shape index (κ1) is 13.0. The highest BCUT2D eigenvalue weighted by molar-refractivity contribution is 6.55. The summed E-state index contributed by atoms with van der Waals surface area (Å²) in [6.45, 7) is 8.32. The predicted molar refractivity (Wildman–Crippen MR) is 93.5 cm³/mol. The number of dihydropyridines is 2. The molecule has 2 aliphatic carbocycles. The molecule has 0 saturated heterocycles. The molecule has 0 N–H and O–H groups in total. The molecule has 2 nitrogen and oxygen atoms in total. The van der Waals surface area contributed by atoms with E-state index in [1.54, 1.807) is 0 Å². The Kier molecular flexibility index (Phi) is 2.90. The van der Waals surface area contributed by atoms with E-state index in [1.165, 1.54) is 11.1 Å². The summed E-state index contributed by atoms with van der Waals surface area (Å²) in [5.74, 6) is 0. The van der Waals surface area contributed by atoms with Gasteiger partial charge in [0.25, 0.3) is 0 Å². The molecule has 22 heavy (non-hydrogen) atoms. The van der Waals surface area contributed by atoms with Crippen molar-refractivity contribution < 1.29 is 0 Å². The van der Waals surface area contributed by atoms with Crippen LogP contribution in [-0.2, 0) is 0 Å². The largest absolute Gasteiger partial charge is 0.270 e. The van der Waals surface area contributed by atoms with Crippen molar-refractivity contribution in [2.24, 2.45) is 9.98 Å². The van der Waals surface area contributed by atoms with Crippen molar-refractivity contribution in [2.45, 2.75) is 12.1 Å². The van der Waals surface area contributed by atoms with Crippen LogP contribution in [0.3, 0.4) is 0 Å². The molecular weight excluding hydrogens is 268 g/mol. The van der Waals surface area contributed by atoms with Crippen LogP contribution in [0.15, 0.2) is 106 Å². The highest BCUT2D eigenvalue weighted by Gasteiger charge is 2.26. The van der Waals surface area contributed by atoms with Gasteiger partial charge in [0, 0.05) is 0 Å². The Bertz CT molecular complexity index is 750. The predicted octanol–water partition coefficient (Wildman–Crippen LogP) is 3.85. The van der Waals surface area contributed by atoms with Gasteiger partial charge >= 0.3 is 0 Å². The number of fused-ring (bicyclic) bond motifs is 2. The standard InChI is InChI=1S/C20H16N2/c1-13-11-15-7-3-5-9-17(15)21-19(13)20-14(2)12-16-8-4-6-10-18(16)22-20/h3-12,17-18H,1-2H2. The van der Waals surface area contributed by atoms with E-state index in [0.717, 1.165) is 22.6 Å². The van der Waals surface area contributed by atoms with E-state index < -0.39 is 0 Å². The fraction of sp³-hybridized carbons (Fsp3) is 0.100. The van der Waals surface area contributed by atoms with Crippen LogP contribution >= 0.6 is 0 Å². The van der Waals surface area contributed by atoms with Crippen molar-refractivity contribution >= 4 is 11.4 Å². The van der Waals surface area contributed by atoms with E-state index in [0.29, 0.717) is 0 Å². The minimum absolute atomic E-state index is 0.0631. The molecule has 0 bridgehead atoms. The zero-order valence-electron chi connectivity index (χ0n) is 12.2. The fourth-order valence-electron chi connectivity index (χ4n) is 3.00. The van der Waals surface area contributed by atoms with E-state index >= 15 is 0 Å². The lowest BCUT2D eigenvalue weighted by Gasteiger charge is -2.26. The summed E-state index contributed by atoms with van der Waals surface area (Å²) >= 11 is 0. The highest BCUT2D eigenvalue weighted by atomic mass is 14.9. The summed E-state index contributed by atoms with van der Waals surface area (Å²) in [4.78, 5) is 9.69. The Morgan fingerprint density at radius 2 is 1.14 bits per heavy atom. The second kappa shape index (κ2) is 4.92. The van der Waals surface area contributed by atoms with Crippen LogP contribution in [0.4, 0.5) is 0 Å². The van der Waals surface area contributed by atoms with Crippen LogP contribution < -0.4 is 0 Å². The van der Waals surface area contributed by atoms with Gasteiger partial charge in [0.2, 0.25) is 0 Å². The van der Waals surface area contributed by atoms with Gasteiger partial charge < -0.3 is 0 Å². The molecule has 2 aliphatic heterocycles. The SMILES string of the molecule is C=C1C=C2C=CC=CC2N=C1C1=NC2C=CC=CC2=CC1=C. The van der Waals surface area contributed by atoms with Crippen molar-refractivity contribution in [2.75, 3.05) is 0 Å². The quantitative estimate of drug-likeness (QED) is 0.699. The third-order valence-corrected chi connectivity index (χ3v) is 4.12. The molecule has 0 aromatic carbocycles. The molecule has 2 unspecified atom stereocenters. The molecule has 2 heterocycles. The van der Waals surface area contributed by atoms with Crippen LogP contribution in [0, 0.1) is 0 Å². The van der Waals surface area contributed by atoms with Gasteiger partial charge in [-0.15, -0.1) is 0 Å². The summed E-state index contributed by atoms with van der Waals surface area (Å²) in [7, 11) is 0. The van der Waals surface area contributed by atoms with Gasteiger partial charge in [-0.25, -0.2) is 0 Å². The van der Waals surface area contributed by atoms with Gasteiger partial charge in [-0.05, 0) is 34.4 Å². The first-order valence-corrected chi connectivity index (χ1v) is 7.40. The topological polar surface area (TPSA) is 24.7 Å². The number of hydrogen-bond donors (Lipinski definition) is 0. The molecule has 0 saturated carbocycles. The summed E-state index contributed by atoms with van der Waals surface area (Å²) < 4.78 is 0. The lowest BCUT2D eigenvalue weighted by Crippen LogP contribution is -2.28. The molecule has 0 aromatic heterocycles. The average molecular weight is 284 g/mol. The molecule has 2 atom stereocenters. The van der Waals surface area contributed by atoms with Crippen molar-refractivity contribution in [1.29, 1.82) is 0 Å². The Hall–Kier alpha value is -2.74. The number of nitrogens with zero attached hydrogens (tertiary/aromatic N) is 2. The van der Waals surface area contributed by atoms with Gasteiger partial charge in [-0.1, -0.05) is 61.8 Å². The second-order valence-electron chi connectivity index (χ2n) is 5.67. The van der Waals surface area contributed by atoms with Gasteiger partial charge in [-0.3, -0.25) is 9.98 Å². The number of allylic oxidation sites excluding steroid dienone is 8. The summed E-state index contributed by atoms with van der Waals surface area (Å²) in [5, 5.41) is 0. The van der Waals surface area contributed by atoms with E-state index in [1.807, 2.05) is 24.3 Å². The van der Waals surface area contributed by atoms with Gasteiger partial charge in [0.05, 0.1) is 23.5 Å². The average Bonchev–Trinajstić information content (AvgIpc) is 2.54. The summed E-state index contributed by atoms with van der Waals surface area (Å²) in [6.07, 6.45) is 20.7. The maximum absolute atomic E-state index is 4.84. The highest BCUT2D eigenvalue weighted by Crippen LogP contribution is 2.28. The van der Waals surface area contributed by atoms with Crippen molar-refractivity contribution in [3.05, 3.63) is 96.2 Å². The van der Waals surface area contributed by atoms with Gasteiger partial charge in [0.15, 0.2) is 0 Å². The van der Waals surface area contributed by atoms with Crippen LogP contribution in [0.1, 0.15) is 0 Å². The van der Waals surface area contributed by atoms with Crippen molar-refractivity contribution in [1.82, 2.24) is 0 Å². The summed E-state index contributed by atoms with van der Waals surface area (Å²) in [6, 6.07) is 0.126. The number of hydrogen-bond acceptors (Lipinski definition) is 2. The zero-order chi connectivity index (χ0) is 15.1. The third-order valence-electron chi connectivity index (χ3n) is 4.12.